The number of aryl methyl sites for hydroxylation is 2. The van der Waals surface area contributed by atoms with E-state index in [1.54, 1.807) is 0 Å². The Balaban J connectivity index is 2.09. The van der Waals surface area contributed by atoms with E-state index in [-0.39, 0.29) is 0 Å². The molecule has 0 spiro atoms. The van der Waals surface area contributed by atoms with Crippen LogP contribution in [0.2, 0.25) is 0 Å². The summed E-state index contributed by atoms with van der Waals surface area (Å²) in [4.78, 5) is 0. The lowest BCUT2D eigenvalue weighted by atomic mass is 10.1. The molecule has 2 N–H and O–H groups in total. The zero-order valence-corrected chi connectivity index (χ0v) is 11.6. The van der Waals surface area contributed by atoms with Gasteiger partial charge in [-0.2, -0.15) is 0 Å². The van der Waals surface area contributed by atoms with E-state index in [1.165, 1.54) is 16.7 Å². The van der Waals surface area contributed by atoms with Gasteiger partial charge in [0.2, 0.25) is 0 Å². The van der Waals surface area contributed by atoms with E-state index in [9.17, 15) is 0 Å². The highest BCUT2D eigenvalue weighted by molar-refractivity contribution is 5.41. The molecule has 0 unspecified atom stereocenters. The highest BCUT2D eigenvalue weighted by Crippen LogP contribution is 2.27. The van der Waals surface area contributed by atoms with Gasteiger partial charge in [0, 0.05) is 0 Å². The number of ether oxygens (including phenoxy) is 1. The molecule has 2 heteroatoms. The minimum atomic E-state index is 0.737. The highest BCUT2D eigenvalue weighted by Gasteiger charge is 2.03. The molecule has 2 nitrogen and oxygen atoms in total. The Kier molecular flexibility index (Phi) is 4.58. The van der Waals surface area contributed by atoms with Crippen molar-refractivity contribution >= 4 is 0 Å². The van der Waals surface area contributed by atoms with Gasteiger partial charge in [-0.1, -0.05) is 24.3 Å². The monoisotopic (exact) mass is 255 g/mol. The van der Waals surface area contributed by atoms with Crippen LogP contribution in [0.3, 0.4) is 0 Å². The molecule has 0 aliphatic rings. The van der Waals surface area contributed by atoms with Crippen LogP contribution in [0, 0.1) is 13.8 Å². The van der Waals surface area contributed by atoms with Crippen molar-refractivity contribution in [1.29, 1.82) is 0 Å². The van der Waals surface area contributed by atoms with Crippen molar-refractivity contribution in [1.82, 2.24) is 0 Å². The largest absolute Gasteiger partial charge is 0.457 e. The molecule has 19 heavy (non-hydrogen) atoms. The quantitative estimate of drug-likeness (QED) is 0.876. The van der Waals surface area contributed by atoms with Crippen LogP contribution >= 0.6 is 0 Å². The molecule has 0 fully saturated rings. The number of nitrogens with two attached hydrogens (primary N) is 1. The van der Waals surface area contributed by atoms with Crippen LogP contribution in [-0.2, 0) is 6.42 Å². The molecule has 2 rings (SSSR count). The molecule has 0 saturated carbocycles. The van der Waals surface area contributed by atoms with Crippen molar-refractivity contribution in [3.63, 3.8) is 0 Å². The number of hydrogen-bond acceptors (Lipinski definition) is 2. The van der Waals surface area contributed by atoms with E-state index >= 15 is 0 Å². The summed E-state index contributed by atoms with van der Waals surface area (Å²) in [6.45, 7) is 4.92. The van der Waals surface area contributed by atoms with Crippen LogP contribution in [0.5, 0.6) is 11.5 Å². The first-order chi connectivity index (χ1) is 9.20. The van der Waals surface area contributed by atoms with Gasteiger partial charge >= 0.3 is 0 Å². The molecular formula is C17H21NO. The molecule has 100 valence electrons. The van der Waals surface area contributed by atoms with E-state index in [1.807, 2.05) is 24.3 Å². The van der Waals surface area contributed by atoms with Crippen molar-refractivity contribution in [2.24, 2.45) is 5.73 Å². The Morgan fingerprint density at radius 1 is 1.00 bits per heavy atom. The van der Waals surface area contributed by atoms with E-state index in [0.717, 1.165) is 30.9 Å². The van der Waals surface area contributed by atoms with Gasteiger partial charge < -0.3 is 10.5 Å². The minimum absolute atomic E-state index is 0.737. The molecule has 0 heterocycles. The lowest BCUT2D eigenvalue weighted by molar-refractivity contribution is 0.478. The summed E-state index contributed by atoms with van der Waals surface area (Å²) in [7, 11) is 0. The predicted molar refractivity (Wildman–Crippen MR) is 79.8 cm³/mol. The van der Waals surface area contributed by atoms with Crippen LogP contribution in [0.1, 0.15) is 23.1 Å². The number of benzene rings is 2. The SMILES string of the molecule is Cc1cccc(Oc2ccc(CCCN)cc2)c1C. The van der Waals surface area contributed by atoms with E-state index < -0.39 is 0 Å². The van der Waals surface area contributed by atoms with Crippen molar-refractivity contribution in [3.05, 3.63) is 59.2 Å². The lowest BCUT2D eigenvalue weighted by Crippen LogP contribution is -2.00. The average Bonchev–Trinajstić information content (AvgIpc) is 2.43. The summed E-state index contributed by atoms with van der Waals surface area (Å²) in [5.41, 5.74) is 9.26. The molecule has 0 radical (unpaired) electrons. The fourth-order valence-corrected chi connectivity index (χ4v) is 1.99. The van der Waals surface area contributed by atoms with Gasteiger partial charge in [-0.15, -0.1) is 0 Å². The third kappa shape index (κ3) is 3.58. The Bertz CT molecular complexity index is 531. The van der Waals surface area contributed by atoms with Crippen LogP contribution in [-0.4, -0.2) is 6.54 Å². The van der Waals surface area contributed by atoms with Gasteiger partial charge in [-0.25, -0.2) is 0 Å². The Labute approximate surface area is 115 Å². The Hall–Kier alpha value is -1.80. The third-order valence-electron chi connectivity index (χ3n) is 3.38. The Morgan fingerprint density at radius 2 is 1.74 bits per heavy atom. The van der Waals surface area contributed by atoms with Crippen LogP contribution < -0.4 is 10.5 Å². The van der Waals surface area contributed by atoms with Crippen LogP contribution in [0.4, 0.5) is 0 Å². The van der Waals surface area contributed by atoms with Gasteiger partial charge in [0.15, 0.2) is 0 Å². The molecule has 0 bridgehead atoms. The maximum absolute atomic E-state index is 5.92. The normalized spacial score (nSPS) is 10.5. The van der Waals surface area contributed by atoms with Crippen molar-refractivity contribution in [3.8, 4) is 11.5 Å². The molecule has 0 aliphatic carbocycles. The Morgan fingerprint density at radius 3 is 2.42 bits per heavy atom. The fourth-order valence-electron chi connectivity index (χ4n) is 1.99. The minimum Gasteiger partial charge on any atom is -0.457 e. The summed E-state index contributed by atoms with van der Waals surface area (Å²) >= 11 is 0. The zero-order valence-electron chi connectivity index (χ0n) is 11.6. The van der Waals surface area contributed by atoms with E-state index in [4.69, 9.17) is 10.5 Å². The lowest BCUT2D eigenvalue weighted by Gasteiger charge is -2.11. The summed E-state index contributed by atoms with van der Waals surface area (Å²) < 4.78 is 5.92. The average molecular weight is 255 g/mol. The predicted octanol–water partition coefficient (Wildman–Crippen LogP) is 3.99. The van der Waals surface area contributed by atoms with E-state index in [0.29, 0.717) is 0 Å². The van der Waals surface area contributed by atoms with Crippen LogP contribution in [0.25, 0.3) is 0 Å². The molecule has 0 amide bonds. The number of hydrogen-bond donors (Lipinski definition) is 1. The molecule has 2 aromatic rings. The summed E-state index contributed by atoms with van der Waals surface area (Å²) in [6, 6.07) is 14.4. The number of rotatable bonds is 5. The first-order valence-electron chi connectivity index (χ1n) is 6.74. The molecule has 0 aliphatic heterocycles. The second kappa shape index (κ2) is 6.39. The van der Waals surface area contributed by atoms with Crippen molar-refractivity contribution < 1.29 is 4.74 Å². The molecular weight excluding hydrogens is 234 g/mol. The third-order valence-corrected chi connectivity index (χ3v) is 3.38. The maximum Gasteiger partial charge on any atom is 0.130 e. The van der Waals surface area contributed by atoms with Crippen molar-refractivity contribution in [2.45, 2.75) is 26.7 Å². The highest BCUT2D eigenvalue weighted by atomic mass is 16.5. The zero-order chi connectivity index (χ0) is 13.7. The molecule has 0 aromatic heterocycles. The summed E-state index contributed by atoms with van der Waals surface area (Å²) in [5, 5.41) is 0. The fraction of sp³-hybridized carbons (Fsp3) is 0.294. The van der Waals surface area contributed by atoms with Gasteiger partial charge in [-0.05, 0) is 68.1 Å². The standard InChI is InChI=1S/C17H21NO/c1-13-5-3-7-17(14(13)2)19-16-10-8-15(9-11-16)6-4-12-18/h3,5,7-11H,4,6,12,18H2,1-2H3. The van der Waals surface area contributed by atoms with Gasteiger partial charge in [0.05, 0.1) is 0 Å². The summed E-state index contributed by atoms with van der Waals surface area (Å²) in [5.74, 6) is 1.81. The van der Waals surface area contributed by atoms with Gasteiger partial charge in [-0.3, -0.25) is 0 Å². The molecule has 2 aromatic carbocycles. The first kappa shape index (κ1) is 13.6. The van der Waals surface area contributed by atoms with E-state index in [2.05, 4.69) is 32.0 Å². The first-order valence-corrected chi connectivity index (χ1v) is 6.74. The second-order valence-corrected chi connectivity index (χ2v) is 4.84. The summed E-state index contributed by atoms with van der Waals surface area (Å²) in [6.07, 6.45) is 2.05. The molecule has 0 atom stereocenters. The molecule has 0 saturated heterocycles. The van der Waals surface area contributed by atoms with Gasteiger partial charge in [0.25, 0.3) is 0 Å². The topological polar surface area (TPSA) is 35.2 Å². The van der Waals surface area contributed by atoms with Crippen LogP contribution in [0.15, 0.2) is 42.5 Å². The van der Waals surface area contributed by atoms with Gasteiger partial charge in [0.1, 0.15) is 11.5 Å². The van der Waals surface area contributed by atoms with Crippen molar-refractivity contribution in [2.75, 3.05) is 6.54 Å². The maximum atomic E-state index is 5.92. The second-order valence-electron chi connectivity index (χ2n) is 4.84. The smallest absolute Gasteiger partial charge is 0.130 e.